The van der Waals surface area contributed by atoms with Crippen LogP contribution in [0.25, 0.3) is 5.69 Å². The molecule has 2 aliphatic rings. The van der Waals surface area contributed by atoms with Gasteiger partial charge in [-0.15, -0.1) is 10.2 Å². The summed E-state index contributed by atoms with van der Waals surface area (Å²) in [6.45, 7) is 1.29. The minimum Gasteiger partial charge on any atom is -0.388 e. The SMILES string of the molecule is CNc1ccc2c(c1)CN(C(c1ccc(C#N)cc1)N1CCCC1=O)c1nncn1-2. The Bertz CT molecular complexity index is 1150. The molecule has 0 saturated carbocycles. The van der Waals surface area contributed by atoms with Crippen LogP contribution in [0, 0.1) is 11.3 Å². The van der Waals surface area contributed by atoms with Gasteiger partial charge in [-0.05, 0) is 47.9 Å². The highest BCUT2D eigenvalue weighted by molar-refractivity contribution is 5.79. The number of benzene rings is 2. The van der Waals surface area contributed by atoms with Crippen LogP contribution in [-0.4, -0.2) is 39.2 Å². The third kappa shape index (κ3) is 2.87. The highest BCUT2D eigenvalue weighted by atomic mass is 16.2. The second-order valence-electron chi connectivity index (χ2n) is 7.52. The lowest BCUT2D eigenvalue weighted by Crippen LogP contribution is -2.44. The topological polar surface area (TPSA) is 90.1 Å². The average molecular weight is 399 g/mol. The third-order valence-electron chi connectivity index (χ3n) is 5.79. The lowest BCUT2D eigenvalue weighted by molar-refractivity contribution is -0.129. The molecule has 1 N–H and O–H groups in total. The van der Waals surface area contributed by atoms with Crippen molar-refractivity contribution in [2.24, 2.45) is 0 Å². The Labute approximate surface area is 174 Å². The molecule has 3 aromatic rings. The first-order valence-corrected chi connectivity index (χ1v) is 9.97. The number of rotatable bonds is 4. The molecule has 2 aliphatic heterocycles. The van der Waals surface area contributed by atoms with Gasteiger partial charge in [0.05, 0.1) is 23.9 Å². The molecule has 1 amide bonds. The standard InChI is InChI=1S/C22H21N7O/c1-24-18-8-9-19-17(11-18)13-28(22-26-25-14-29(19)22)21(27-10-2-3-20(27)30)16-6-4-15(12-23)5-7-16/h4-9,11,14,21,24H,2-3,10,13H2,1H3. The highest BCUT2D eigenvalue weighted by Gasteiger charge is 2.37. The van der Waals surface area contributed by atoms with Crippen molar-refractivity contribution in [3.63, 3.8) is 0 Å². The highest BCUT2D eigenvalue weighted by Crippen LogP contribution is 2.38. The first-order valence-electron chi connectivity index (χ1n) is 9.97. The summed E-state index contributed by atoms with van der Waals surface area (Å²) < 4.78 is 1.97. The molecule has 1 atom stereocenters. The smallest absolute Gasteiger partial charge is 0.233 e. The number of fused-ring (bicyclic) bond motifs is 3. The summed E-state index contributed by atoms with van der Waals surface area (Å²) in [7, 11) is 1.90. The average Bonchev–Trinajstić information content (AvgIpc) is 3.44. The molecule has 0 spiro atoms. The zero-order valence-electron chi connectivity index (χ0n) is 16.6. The summed E-state index contributed by atoms with van der Waals surface area (Å²) >= 11 is 0. The molecule has 3 heterocycles. The Kier molecular flexibility index (Phi) is 4.36. The zero-order chi connectivity index (χ0) is 20.7. The van der Waals surface area contributed by atoms with Gasteiger partial charge < -0.3 is 15.1 Å². The number of anilines is 2. The Morgan fingerprint density at radius 3 is 2.70 bits per heavy atom. The number of nitrogens with one attached hydrogen (secondary N) is 1. The fourth-order valence-electron chi connectivity index (χ4n) is 4.33. The summed E-state index contributed by atoms with van der Waals surface area (Å²) in [6.07, 6.45) is 2.78. The predicted molar refractivity (Wildman–Crippen MR) is 112 cm³/mol. The van der Waals surface area contributed by atoms with Gasteiger partial charge in [0.1, 0.15) is 12.5 Å². The number of amides is 1. The van der Waals surface area contributed by atoms with Gasteiger partial charge in [-0.3, -0.25) is 9.36 Å². The maximum Gasteiger partial charge on any atom is 0.233 e. The number of carbonyl (C=O) groups is 1. The molecule has 0 aliphatic carbocycles. The van der Waals surface area contributed by atoms with Crippen LogP contribution in [0.2, 0.25) is 0 Å². The largest absolute Gasteiger partial charge is 0.388 e. The van der Waals surface area contributed by atoms with E-state index in [1.165, 1.54) is 0 Å². The van der Waals surface area contributed by atoms with Gasteiger partial charge in [-0.25, -0.2) is 0 Å². The number of hydrogen-bond acceptors (Lipinski definition) is 6. The van der Waals surface area contributed by atoms with Crippen molar-refractivity contribution < 1.29 is 4.79 Å². The Morgan fingerprint density at radius 2 is 2.00 bits per heavy atom. The molecule has 0 radical (unpaired) electrons. The van der Waals surface area contributed by atoms with E-state index in [9.17, 15) is 10.1 Å². The molecule has 0 bridgehead atoms. The summed E-state index contributed by atoms with van der Waals surface area (Å²) in [4.78, 5) is 16.8. The van der Waals surface area contributed by atoms with Crippen LogP contribution in [0.3, 0.4) is 0 Å². The van der Waals surface area contributed by atoms with E-state index in [1.807, 2.05) is 34.7 Å². The molecule has 1 fully saturated rings. The molecule has 30 heavy (non-hydrogen) atoms. The minimum atomic E-state index is -0.318. The summed E-state index contributed by atoms with van der Waals surface area (Å²) in [5, 5.41) is 20.9. The van der Waals surface area contributed by atoms with Gasteiger partial charge in [-0.2, -0.15) is 5.26 Å². The molecule has 5 rings (SSSR count). The quantitative estimate of drug-likeness (QED) is 0.726. The normalized spacial score (nSPS) is 16.1. The number of nitriles is 1. The molecular weight excluding hydrogens is 378 g/mol. The van der Waals surface area contributed by atoms with E-state index in [1.54, 1.807) is 18.5 Å². The van der Waals surface area contributed by atoms with E-state index < -0.39 is 0 Å². The number of likely N-dealkylation sites (tertiary alicyclic amines) is 1. The van der Waals surface area contributed by atoms with Gasteiger partial charge in [0, 0.05) is 25.7 Å². The van der Waals surface area contributed by atoms with E-state index in [0.29, 0.717) is 31.0 Å². The van der Waals surface area contributed by atoms with E-state index >= 15 is 0 Å². The van der Waals surface area contributed by atoms with Crippen LogP contribution in [-0.2, 0) is 11.3 Å². The molecule has 150 valence electrons. The van der Waals surface area contributed by atoms with Gasteiger partial charge in [0.2, 0.25) is 11.9 Å². The van der Waals surface area contributed by atoms with E-state index in [4.69, 9.17) is 0 Å². The lowest BCUT2D eigenvalue weighted by atomic mass is 10.0. The second kappa shape index (κ2) is 7.19. The van der Waals surface area contributed by atoms with Gasteiger partial charge in [-0.1, -0.05) is 12.1 Å². The molecule has 1 unspecified atom stereocenters. The fraction of sp³-hybridized carbons (Fsp3) is 0.273. The van der Waals surface area contributed by atoms with Crippen molar-refractivity contribution in [1.29, 1.82) is 5.26 Å². The fourth-order valence-corrected chi connectivity index (χ4v) is 4.33. The van der Waals surface area contributed by atoms with Crippen LogP contribution < -0.4 is 10.2 Å². The molecule has 8 nitrogen and oxygen atoms in total. The van der Waals surface area contributed by atoms with Crippen molar-refractivity contribution in [3.8, 4) is 11.8 Å². The van der Waals surface area contributed by atoms with Crippen LogP contribution >= 0.6 is 0 Å². The Balaban J connectivity index is 1.63. The second-order valence-corrected chi connectivity index (χ2v) is 7.52. The van der Waals surface area contributed by atoms with Gasteiger partial charge >= 0.3 is 0 Å². The molecule has 2 aromatic carbocycles. The van der Waals surface area contributed by atoms with Crippen LogP contribution in [0.5, 0.6) is 0 Å². The molecular formula is C22H21N7O. The van der Waals surface area contributed by atoms with Crippen LogP contribution in [0.15, 0.2) is 48.8 Å². The summed E-state index contributed by atoms with van der Waals surface area (Å²) in [6, 6.07) is 15.8. The zero-order valence-corrected chi connectivity index (χ0v) is 16.6. The Hall–Kier alpha value is -3.86. The van der Waals surface area contributed by atoms with Crippen molar-refractivity contribution in [2.75, 3.05) is 23.8 Å². The number of aromatic nitrogens is 3. The third-order valence-corrected chi connectivity index (χ3v) is 5.79. The molecule has 8 heteroatoms. The number of nitrogens with zero attached hydrogens (tertiary/aromatic N) is 6. The van der Waals surface area contributed by atoms with Crippen molar-refractivity contribution >= 4 is 17.5 Å². The predicted octanol–water partition coefficient (Wildman–Crippen LogP) is 2.82. The lowest BCUT2D eigenvalue weighted by Gasteiger charge is -2.41. The first kappa shape index (κ1) is 18.2. The molecule has 1 aromatic heterocycles. The first-order chi connectivity index (χ1) is 14.7. The number of carbonyl (C=O) groups excluding carboxylic acids is 1. The van der Waals surface area contributed by atoms with E-state index in [2.05, 4.69) is 38.6 Å². The van der Waals surface area contributed by atoms with E-state index in [0.717, 1.165) is 28.9 Å². The maximum absolute atomic E-state index is 12.7. The Morgan fingerprint density at radius 1 is 1.17 bits per heavy atom. The van der Waals surface area contributed by atoms with Crippen molar-refractivity contribution in [2.45, 2.75) is 25.6 Å². The van der Waals surface area contributed by atoms with Crippen LogP contribution in [0.1, 0.15) is 35.7 Å². The minimum absolute atomic E-state index is 0.130. The van der Waals surface area contributed by atoms with Crippen molar-refractivity contribution in [3.05, 3.63) is 65.5 Å². The van der Waals surface area contributed by atoms with E-state index in [-0.39, 0.29) is 12.1 Å². The molecule has 1 saturated heterocycles. The monoisotopic (exact) mass is 399 g/mol. The number of hydrogen-bond donors (Lipinski definition) is 1. The maximum atomic E-state index is 12.7. The summed E-state index contributed by atoms with van der Waals surface area (Å²) in [5.74, 6) is 0.832. The van der Waals surface area contributed by atoms with Crippen molar-refractivity contribution in [1.82, 2.24) is 19.7 Å². The van der Waals surface area contributed by atoms with Gasteiger partial charge in [0.25, 0.3) is 0 Å². The van der Waals surface area contributed by atoms with Crippen LogP contribution in [0.4, 0.5) is 11.6 Å². The van der Waals surface area contributed by atoms with Gasteiger partial charge in [0.15, 0.2) is 0 Å². The summed E-state index contributed by atoms with van der Waals surface area (Å²) in [5.41, 5.74) is 4.73.